The van der Waals surface area contributed by atoms with Crippen LogP contribution in [0.25, 0.3) is 10.8 Å². The molecule has 0 amide bonds. The van der Waals surface area contributed by atoms with Crippen LogP contribution >= 0.6 is 0 Å². The zero-order valence-electron chi connectivity index (χ0n) is 12.7. The van der Waals surface area contributed by atoms with Crippen molar-refractivity contribution in [2.75, 3.05) is 13.6 Å². The summed E-state index contributed by atoms with van der Waals surface area (Å²) in [6.07, 6.45) is 2.78. The van der Waals surface area contributed by atoms with Gasteiger partial charge in [-0.05, 0) is 24.6 Å². The van der Waals surface area contributed by atoms with Crippen molar-refractivity contribution >= 4 is 10.8 Å². The first kappa shape index (κ1) is 13.4. The molecule has 2 heterocycles. The Morgan fingerprint density at radius 2 is 1.95 bits per heavy atom. The highest BCUT2D eigenvalue weighted by Crippen LogP contribution is 2.34. The van der Waals surface area contributed by atoms with E-state index in [1.165, 1.54) is 10.9 Å². The Balaban J connectivity index is 1.71. The molecule has 3 aromatic rings. The Morgan fingerprint density at radius 1 is 1.09 bits per heavy atom. The summed E-state index contributed by atoms with van der Waals surface area (Å²) >= 11 is 0. The second-order valence-electron chi connectivity index (χ2n) is 5.91. The first-order valence-corrected chi connectivity index (χ1v) is 7.70. The molecule has 0 bridgehead atoms. The van der Waals surface area contributed by atoms with Gasteiger partial charge in [0.25, 0.3) is 0 Å². The van der Waals surface area contributed by atoms with E-state index >= 15 is 0 Å². The molecule has 1 aliphatic heterocycles. The zero-order chi connectivity index (χ0) is 14.9. The molecule has 1 aromatic heterocycles. The van der Waals surface area contributed by atoms with Gasteiger partial charge in [0, 0.05) is 23.9 Å². The van der Waals surface area contributed by atoms with Gasteiger partial charge < -0.3 is 9.15 Å². The summed E-state index contributed by atoms with van der Waals surface area (Å²) in [6, 6.07) is 16.6. The third-order valence-corrected chi connectivity index (χ3v) is 4.33. The molecule has 112 valence electrons. The van der Waals surface area contributed by atoms with Gasteiger partial charge in [0.15, 0.2) is 0 Å². The van der Waals surface area contributed by atoms with Crippen molar-refractivity contribution in [3.8, 4) is 5.75 Å². The number of hydrogen-bond acceptors (Lipinski definition) is 3. The molecule has 3 heteroatoms. The van der Waals surface area contributed by atoms with Crippen molar-refractivity contribution in [2.24, 2.45) is 0 Å². The molecule has 0 fully saturated rings. The monoisotopic (exact) mass is 293 g/mol. The van der Waals surface area contributed by atoms with Crippen molar-refractivity contribution in [3.63, 3.8) is 0 Å². The molecular weight excluding hydrogens is 274 g/mol. The van der Waals surface area contributed by atoms with E-state index in [2.05, 4.69) is 54.4 Å². The first-order valence-electron chi connectivity index (χ1n) is 7.70. The number of furan rings is 1. The second-order valence-corrected chi connectivity index (χ2v) is 5.91. The highest BCUT2D eigenvalue weighted by Gasteiger charge is 2.25. The summed E-state index contributed by atoms with van der Waals surface area (Å²) in [5.74, 6) is 1.96. The molecular formula is C19H19NO2. The van der Waals surface area contributed by atoms with Crippen LogP contribution in [0.2, 0.25) is 0 Å². The van der Waals surface area contributed by atoms with E-state index in [0.29, 0.717) is 0 Å². The third-order valence-electron chi connectivity index (χ3n) is 4.33. The largest absolute Gasteiger partial charge is 0.485 e. The minimum Gasteiger partial charge on any atom is -0.485 e. The van der Waals surface area contributed by atoms with Gasteiger partial charge in [-0.15, -0.1) is 0 Å². The number of nitrogens with zero attached hydrogens (tertiary/aromatic N) is 1. The molecule has 0 N–H and O–H groups in total. The standard InChI is InChI=1S/C19H19NO2/c1-20-11-9-18(16-10-12-21-19(16)13-20)22-17-8-4-6-14-5-2-3-7-15(14)17/h2-8,10,12,18H,9,11,13H2,1H3. The fourth-order valence-electron chi connectivity index (χ4n) is 3.16. The van der Waals surface area contributed by atoms with Gasteiger partial charge in [-0.25, -0.2) is 0 Å². The van der Waals surface area contributed by atoms with Crippen molar-refractivity contribution in [1.82, 2.24) is 4.90 Å². The lowest BCUT2D eigenvalue weighted by atomic mass is 10.1. The van der Waals surface area contributed by atoms with E-state index in [4.69, 9.17) is 9.15 Å². The quantitative estimate of drug-likeness (QED) is 0.701. The van der Waals surface area contributed by atoms with Crippen LogP contribution in [0.3, 0.4) is 0 Å². The molecule has 0 spiro atoms. The lowest BCUT2D eigenvalue weighted by molar-refractivity contribution is 0.185. The third kappa shape index (κ3) is 2.38. The maximum absolute atomic E-state index is 6.40. The van der Waals surface area contributed by atoms with Crippen LogP contribution in [0.4, 0.5) is 0 Å². The Kier molecular flexibility index (Phi) is 3.35. The van der Waals surface area contributed by atoms with Gasteiger partial charge in [-0.2, -0.15) is 0 Å². The predicted molar refractivity (Wildman–Crippen MR) is 87.0 cm³/mol. The smallest absolute Gasteiger partial charge is 0.128 e. The minimum absolute atomic E-state index is 0.0458. The second kappa shape index (κ2) is 5.50. The van der Waals surface area contributed by atoms with Crippen LogP contribution in [0.5, 0.6) is 5.75 Å². The predicted octanol–water partition coefficient (Wildman–Crippen LogP) is 4.39. The number of fused-ring (bicyclic) bond motifs is 2. The number of ether oxygens (including phenoxy) is 1. The molecule has 1 aliphatic rings. The van der Waals surface area contributed by atoms with E-state index in [0.717, 1.165) is 36.4 Å². The lowest BCUT2D eigenvalue weighted by Crippen LogP contribution is -2.18. The molecule has 1 unspecified atom stereocenters. The van der Waals surface area contributed by atoms with Crippen LogP contribution in [0.1, 0.15) is 23.8 Å². The normalized spacial score (nSPS) is 18.9. The van der Waals surface area contributed by atoms with E-state index in [1.807, 2.05) is 6.07 Å². The van der Waals surface area contributed by atoms with E-state index in [-0.39, 0.29) is 6.10 Å². The first-order chi connectivity index (χ1) is 10.8. The van der Waals surface area contributed by atoms with Crippen molar-refractivity contribution in [3.05, 3.63) is 66.1 Å². The highest BCUT2D eigenvalue weighted by molar-refractivity contribution is 5.88. The summed E-state index contributed by atoms with van der Waals surface area (Å²) < 4.78 is 12.0. The zero-order valence-corrected chi connectivity index (χ0v) is 12.7. The van der Waals surface area contributed by atoms with Gasteiger partial charge in [-0.3, -0.25) is 4.90 Å². The lowest BCUT2D eigenvalue weighted by Gasteiger charge is -2.19. The maximum Gasteiger partial charge on any atom is 0.128 e. The van der Waals surface area contributed by atoms with Crippen LogP contribution in [-0.4, -0.2) is 18.5 Å². The fraction of sp³-hybridized carbons (Fsp3) is 0.263. The molecule has 4 rings (SSSR count). The molecule has 1 atom stereocenters. The minimum atomic E-state index is 0.0458. The molecule has 0 saturated heterocycles. The summed E-state index contributed by atoms with van der Waals surface area (Å²) in [5.41, 5.74) is 1.18. The summed E-state index contributed by atoms with van der Waals surface area (Å²) in [4.78, 5) is 2.27. The van der Waals surface area contributed by atoms with Crippen LogP contribution in [-0.2, 0) is 6.54 Å². The average molecular weight is 293 g/mol. The van der Waals surface area contributed by atoms with Crippen LogP contribution < -0.4 is 4.74 Å². The maximum atomic E-state index is 6.40. The molecule has 22 heavy (non-hydrogen) atoms. The van der Waals surface area contributed by atoms with Gasteiger partial charge in [0.1, 0.15) is 17.6 Å². The number of hydrogen-bond donors (Lipinski definition) is 0. The van der Waals surface area contributed by atoms with Crippen LogP contribution in [0.15, 0.2) is 59.2 Å². The van der Waals surface area contributed by atoms with Crippen molar-refractivity contribution in [2.45, 2.75) is 19.1 Å². The van der Waals surface area contributed by atoms with Crippen molar-refractivity contribution in [1.29, 1.82) is 0 Å². The Hall–Kier alpha value is -2.26. The molecule has 2 aromatic carbocycles. The Labute approximate surface area is 130 Å². The van der Waals surface area contributed by atoms with Crippen molar-refractivity contribution < 1.29 is 9.15 Å². The fourth-order valence-corrected chi connectivity index (χ4v) is 3.16. The SMILES string of the molecule is CN1CCC(Oc2cccc3ccccc23)c2ccoc2C1. The van der Waals surface area contributed by atoms with E-state index in [1.54, 1.807) is 6.26 Å². The summed E-state index contributed by atoms with van der Waals surface area (Å²) in [6.45, 7) is 1.84. The van der Waals surface area contributed by atoms with Gasteiger partial charge >= 0.3 is 0 Å². The molecule has 0 saturated carbocycles. The Bertz CT molecular complexity index is 787. The molecule has 0 aliphatic carbocycles. The number of benzene rings is 2. The number of rotatable bonds is 2. The highest BCUT2D eigenvalue weighted by atomic mass is 16.5. The topological polar surface area (TPSA) is 25.6 Å². The molecule has 3 nitrogen and oxygen atoms in total. The summed E-state index contributed by atoms with van der Waals surface area (Å²) in [7, 11) is 2.12. The van der Waals surface area contributed by atoms with Gasteiger partial charge in [-0.1, -0.05) is 36.4 Å². The van der Waals surface area contributed by atoms with Gasteiger partial charge in [0.05, 0.1) is 12.8 Å². The van der Waals surface area contributed by atoms with E-state index < -0.39 is 0 Å². The summed E-state index contributed by atoms with van der Waals surface area (Å²) in [5, 5.41) is 2.37. The van der Waals surface area contributed by atoms with Crippen LogP contribution in [0, 0.1) is 0 Å². The average Bonchev–Trinajstić information content (AvgIpc) is 2.94. The van der Waals surface area contributed by atoms with E-state index in [9.17, 15) is 0 Å². The Morgan fingerprint density at radius 3 is 2.91 bits per heavy atom. The van der Waals surface area contributed by atoms with Gasteiger partial charge in [0.2, 0.25) is 0 Å². The molecule has 0 radical (unpaired) electrons.